The van der Waals surface area contributed by atoms with Crippen LogP contribution in [0.4, 0.5) is 0 Å². The van der Waals surface area contributed by atoms with E-state index in [4.69, 9.17) is 4.42 Å². The van der Waals surface area contributed by atoms with Crippen molar-refractivity contribution >= 4 is 21.8 Å². The summed E-state index contributed by atoms with van der Waals surface area (Å²) < 4.78 is 5.53. The van der Waals surface area contributed by atoms with Gasteiger partial charge in [0.05, 0.1) is 11.1 Å². The molecular weight excluding hydrogens is 318 g/mol. The van der Waals surface area contributed by atoms with Crippen molar-refractivity contribution in [2.75, 3.05) is 6.54 Å². The summed E-state index contributed by atoms with van der Waals surface area (Å²) in [6.45, 7) is 2.77. The monoisotopic (exact) mass is 333 g/mol. The van der Waals surface area contributed by atoms with Gasteiger partial charge in [-0.3, -0.25) is 4.79 Å². The number of halogens is 1. The van der Waals surface area contributed by atoms with E-state index in [1.807, 2.05) is 19.1 Å². The Bertz CT molecular complexity index is 648. The first-order valence-electron chi connectivity index (χ1n) is 6.76. The Labute approximate surface area is 126 Å². The molecule has 104 valence electrons. The molecule has 3 rings (SSSR count). The number of amides is 1. The summed E-state index contributed by atoms with van der Waals surface area (Å²) in [5, 5.41) is 2.94. The maximum Gasteiger partial charge on any atom is 0.251 e. The second kappa shape index (κ2) is 5.44. The smallest absolute Gasteiger partial charge is 0.251 e. The molecule has 1 N–H and O–H groups in total. The van der Waals surface area contributed by atoms with Crippen molar-refractivity contribution in [2.24, 2.45) is 0 Å². The largest absolute Gasteiger partial charge is 0.468 e. The zero-order valence-electron chi connectivity index (χ0n) is 11.3. The van der Waals surface area contributed by atoms with Crippen molar-refractivity contribution in [2.45, 2.75) is 24.6 Å². The van der Waals surface area contributed by atoms with Gasteiger partial charge in [-0.2, -0.15) is 0 Å². The van der Waals surface area contributed by atoms with Crippen LogP contribution >= 0.6 is 15.9 Å². The van der Waals surface area contributed by atoms with Crippen LogP contribution in [0.25, 0.3) is 0 Å². The van der Waals surface area contributed by atoms with E-state index in [0.29, 0.717) is 0 Å². The van der Waals surface area contributed by atoms with E-state index in [-0.39, 0.29) is 10.7 Å². The lowest BCUT2D eigenvalue weighted by Crippen LogP contribution is -2.22. The zero-order valence-corrected chi connectivity index (χ0v) is 12.9. The second-order valence-electron chi connectivity index (χ2n) is 5.11. The van der Waals surface area contributed by atoms with Crippen LogP contribution in [0.2, 0.25) is 0 Å². The molecular formula is C16H16BrNO2. The van der Waals surface area contributed by atoms with Gasteiger partial charge in [-0.15, -0.1) is 0 Å². The Morgan fingerprint density at radius 2 is 2.20 bits per heavy atom. The van der Waals surface area contributed by atoms with Gasteiger partial charge in [0, 0.05) is 12.1 Å². The number of rotatable bonds is 2. The van der Waals surface area contributed by atoms with Gasteiger partial charge < -0.3 is 9.73 Å². The molecule has 0 saturated heterocycles. The number of carbonyl (C=O) groups excluding carboxylic acids is 1. The quantitative estimate of drug-likeness (QED) is 0.850. The lowest BCUT2D eigenvalue weighted by molar-refractivity contribution is 0.0956. The van der Waals surface area contributed by atoms with E-state index >= 15 is 0 Å². The highest BCUT2D eigenvalue weighted by Gasteiger charge is 2.20. The van der Waals surface area contributed by atoms with E-state index in [2.05, 4.69) is 33.4 Å². The number of aryl methyl sites for hydroxylation is 2. The van der Waals surface area contributed by atoms with Crippen molar-refractivity contribution in [1.82, 2.24) is 5.32 Å². The highest BCUT2D eigenvalue weighted by Crippen LogP contribution is 2.34. The summed E-state index contributed by atoms with van der Waals surface area (Å²) in [5.74, 6) is 0.911. The van der Waals surface area contributed by atoms with Crippen molar-refractivity contribution in [3.05, 3.63) is 58.5 Å². The van der Waals surface area contributed by atoms with E-state index in [9.17, 15) is 4.79 Å². The lowest BCUT2D eigenvalue weighted by atomic mass is 9.98. The number of carbonyl (C=O) groups is 1. The van der Waals surface area contributed by atoms with Crippen LogP contribution in [0.3, 0.4) is 0 Å². The molecule has 0 fully saturated rings. The molecule has 0 saturated carbocycles. The fourth-order valence-electron chi connectivity index (χ4n) is 2.55. The number of nitrogens with one attached hydrogen (secondary N) is 1. The zero-order chi connectivity index (χ0) is 14.1. The number of fused-ring (bicyclic) bond motifs is 1. The Balaban J connectivity index is 2.00. The van der Waals surface area contributed by atoms with Crippen LogP contribution in [0.5, 0.6) is 0 Å². The molecule has 0 bridgehead atoms. The summed E-state index contributed by atoms with van der Waals surface area (Å²) in [7, 11) is 0. The van der Waals surface area contributed by atoms with Gasteiger partial charge in [0.2, 0.25) is 0 Å². The summed E-state index contributed by atoms with van der Waals surface area (Å²) in [6.07, 6.45) is 3.63. The normalized spacial score (nSPS) is 16.2. The number of hydrogen-bond acceptors (Lipinski definition) is 2. The first kappa shape index (κ1) is 13.4. The third-order valence-corrected chi connectivity index (χ3v) is 4.66. The van der Waals surface area contributed by atoms with Crippen LogP contribution < -0.4 is 5.32 Å². The van der Waals surface area contributed by atoms with Gasteiger partial charge in [0.25, 0.3) is 5.91 Å². The maximum absolute atomic E-state index is 12.1. The number of furan rings is 1. The standard InChI is InChI=1S/C16H16BrNO2/c1-10-6-8-20-15(10)14(17)12-5-4-11-3-2-7-18-16(19)13(11)9-12/h4-6,8-9,14H,2-3,7H2,1H3,(H,18,19). The molecule has 1 aromatic heterocycles. The van der Waals surface area contributed by atoms with E-state index in [1.54, 1.807) is 6.26 Å². The van der Waals surface area contributed by atoms with E-state index < -0.39 is 0 Å². The van der Waals surface area contributed by atoms with Crippen LogP contribution in [0, 0.1) is 6.92 Å². The van der Waals surface area contributed by atoms with Crippen LogP contribution in [-0.4, -0.2) is 12.5 Å². The molecule has 0 aliphatic carbocycles. The van der Waals surface area contributed by atoms with E-state index in [0.717, 1.165) is 47.4 Å². The second-order valence-corrected chi connectivity index (χ2v) is 6.02. The summed E-state index contributed by atoms with van der Waals surface area (Å²) >= 11 is 3.67. The first-order valence-corrected chi connectivity index (χ1v) is 7.67. The fraction of sp³-hybridized carbons (Fsp3) is 0.312. The molecule has 3 nitrogen and oxygen atoms in total. The van der Waals surface area contributed by atoms with Crippen molar-refractivity contribution in [3.63, 3.8) is 0 Å². The van der Waals surface area contributed by atoms with Crippen LogP contribution in [0.15, 0.2) is 34.9 Å². The van der Waals surface area contributed by atoms with E-state index in [1.165, 1.54) is 0 Å². The number of alkyl halides is 1. The Hall–Kier alpha value is -1.55. The Morgan fingerprint density at radius 3 is 2.95 bits per heavy atom. The third-order valence-electron chi connectivity index (χ3n) is 3.71. The Kier molecular flexibility index (Phi) is 3.66. The molecule has 4 heteroatoms. The van der Waals surface area contributed by atoms with Gasteiger partial charge in [0.15, 0.2) is 0 Å². The Morgan fingerprint density at radius 1 is 1.35 bits per heavy atom. The van der Waals surface area contributed by atoms with Crippen LogP contribution in [0.1, 0.15) is 44.1 Å². The van der Waals surface area contributed by atoms with Gasteiger partial charge in [-0.1, -0.05) is 28.1 Å². The van der Waals surface area contributed by atoms with Crippen LogP contribution in [-0.2, 0) is 6.42 Å². The molecule has 20 heavy (non-hydrogen) atoms. The minimum Gasteiger partial charge on any atom is -0.468 e. The van der Waals surface area contributed by atoms with Crippen molar-refractivity contribution in [1.29, 1.82) is 0 Å². The molecule has 2 aromatic rings. The average Bonchev–Trinajstić information content (AvgIpc) is 2.79. The van der Waals surface area contributed by atoms with Gasteiger partial charge >= 0.3 is 0 Å². The van der Waals surface area contributed by atoms with Gasteiger partial charge in [0.1, 0.15) is 5.76 Å². The first-order chi connectivity index (χ1) is 9.66. The summed E-state index contributed by atoms with van der Waals surface area (Å²) in [6, 6.07) is 8.04. The molecule has 0 radical (unpaired) electrons. The molecule has 0 spiro atoms. The predicted molar refractivity (Wildman–Crippen MR) is 81.3 cm³/mol. The van der Waals surface area contributed by atoms with Gasteiger partial charge in [-0.05, 0) is 48.6 Å². The summed E-state index contributed by atoms with van der Waals surface area (Å²) in [5.41, 5.74) is 4.05. The lowest BCUT2D eigenvalue weighted by Gasteiger charge is -2.12. The topological polar surface area (TPSA) is 42.2 Å². The molecule has 1 amide bonds. The molecule has 1 aliphatic heterocycles. The number of benzene rings is 1. The molecule has 1 aliphatic rings. The summed E-state index contributed by atoms with van der Waals surface area (Å²) in [4.78, 5) is 12.1. The average molecular weight is 334 g/mol. The fourth-order valence-corrected chi connectivity index (χ4v) is 3.31. The molecule has 1 unspecified atom stereocenters. The predicted octanol–water partition coefficient (Wildman–Crippen LogP) is 3.75. The molecule has 2 heterocycles. The minimum atomic E-state index is -0.0288. The van der Waals surface area contributed by atoms with Gasteiger partial charge in [-0.25, -0.2) is 0 Å². The third kappa shape index (κ3) is 2.40. The highest BCUT2D eigenvalue weighted by atomic mass is 79.9. The molecule has 1 aromatic carbocycles. The minimum absolute atomic E-state index is 0.0233. The molecule has 1 atom stereocenters. The SMILES string of the molecule is Cc1ccoc1C(Br)c1ccc2c(c1)C(=O)NCCC2. The van der Waals surface area contributed by atoms with Crippen molar-refractivity contribution in [3.8, 4) is 0 Å². The number of hydrogen-bond donors (Lipinski definition) is 1. The highest BCUT2D eigenvalue weighted by molar-refractivity contribution is 9.09. The van der Waals surface area contributed by atoms with Crippen molar-refractivity contribution < 1.29 is 9.21 Å². The maximum atomic E-state index is 12.1.